The molecule has 4 aliphatic heterocycles. The summed E-state index contributed by atoms with van der Waals surface area (Å²) in [6, 6.07) is 12.0. The van der Waals surface area contributed by atoms with Crippen LogP contribution >= 0.6 is 11.6 Å². The lowest BCUT2D eigenvalue weighted by Gasteiger charge is -2.42. The van der Waals surface area contributed by atoms with E-state index in [2.05, 4.69) is 40.0 Å². The van der Waals surface area contributed by atoms with Crippen molar-refractivity contribution in [2.45, 2.75) is 25.9 Å². The van der Waals surface area contributed by atoms with Crippen LogP contribution in [0.4, 0.5) is 29.0 Å². The number of aromatic nitrogens is 8. The van der Waals surface area contributed by atoms with Gasteiger partial charge in [-0.05, 0) is 49.7 Å². The van der Waals surface area contributed by atoms with E-state index in [1.807, 2.05) is 79.8 Å². The number of hydrogen-bond donors (Lipinski definition) is 2. The molecule has 0 saturated carbocycles. The third-order valence-electron chi connectivity index (χ3n) is 11.0. The fraction of sp³-hybridized carbons (Fsp3) is 0.381. The Hall–Kier alpha value is -6.37. The minimum atomic E-state index is 0.250. The molecule has 3 N–H and O–H groups in total. The van der Waals surface area contributed by atoms with E-state index in [9.17, 15) is 0 Å². The molecule has 0 bridgehead atoms. The largest absolute Gasteiger partial charge is 0.494 e. The van der Waals surface area contributed by atoms with Crippen molar-refractivity contribution in [1.82, 2.24) is 39.0 Å². The molecule has 2 atom stereocenters. The number of fused-ring (bicyclic) bond motifs is 2. The van der Waals surface area contributed by atoms with Crippen molar-refractivity contribution in [2.75, 3.05) is 88.8 Å². The quantitative estimate of drug-likeness (QED) is 0.148. The second-order valence-electron chi connectivity index (χ2n) is 15.1. The van der Waals surface area contributed by atoms with Crippen molar-refractivity contribution in [2.24, 2.45) is 11.8 Å². The molecule has 6 aromatic rings. The van der Waals surface area contributed by atoms with Gasteiger partial charge in [-0.15, -0.1) is 0 Å². The predicted molar refractivity (Wildman–Crippen MR) is 230 cm³/mol. The number of rotatable bonds is 8. The molecule has 0 aliphatic carbocycles. The second kappa shape index (κ2) is 18.1. The van der Waals surface area contributed by atoms with Gasteiger partial charge in [0.25, 0.3) is 0 Å². The molecule has 61 heavy (non-hydrogen) atoms. The zero-order chi connectivity index (χ0) is 42.6. The van der Waals surface area contributed by atoms with Crippen LogP contribution in [-0.2, 0) is 9.47 Å². The summed E-state index contributed by atoms with van der Waals surface area (Å²) in [4.78, 5) is 30.0. The minimum Gasteiger partial charge on any atom is -0.494 e. The number of nitrogens with two attached hydrogens (primary N) is 1. The normalized spacial score (nSPS) is 18.0. The van der Waals surface area contributed by atoms with E-state index in [1.54, 1.807) is 45.3 Å². The Morgan fingerprint density at radius 3 is 1.72 bits per heavy atom. The summed E-state index contributed by atoms with van der Waals surface area (Å²) < 4.78 is 36.8. The fourth-order valence-corrected chi connectivity index (χ4v) is 7.46. The topological polar surface area (TPSA) is 187 Å². The van der Waals surface area contributed by atoms with E-state index in [0.29, 0.717) is 54.2 Å². The van der Waals surface area contributed by atoms with Crippen LogP contribution in [0.3, 0.4) is 0 Å². The van der Waals surface area contributed by atoms with Gasteiger partial charge in [0, 0.05) is 61.8 Å². The molecule has 0 spiro atoms. The van der Waals surface area contributed by atoms with Gasteiger partial charge in [0.1, 0.15) is 24.7 Å². The Bertz CT molecular complexity index is 2460. The highest BCUT2D eigenvalue weighted by Gasteiger charge is 2.38. The number of anilines is 5. The molecule has 4 aliphatic rings. The number of aryl methyl sites for hydroxylation is 2. The lowest BCUT2D eigenvalue weighted by atomic mass is 9.96. The maximum absolute atomic E-state index is 5.89. The summed E-state index contributed by atoms with van der Waals surface area (Å²) >= 11 is 5.79. The molecule has 0 radical (unpaired) electrons. The Kier molecular flexibility index (Phi) is 12.3. The Morgan fingerprint density at radius 2 is 1.21 bits per heavy atom. The van der Waals surface area contributed by atoms with E-state index in [-0.39, 0.29) is 11.3 Å². The Balaban J connectivity index is 0.000000139. The van der Waals surface area contributed by atoms with Crippen molar-refractivity contribution in [3.8, 4) is 34.4 Å². The molecule has 4 aromatic heterocycles. The highest BCUT2D eigenvalue weighted by atomic mass is 35.5. The first kappa shape index (κ1) is 41.4. The smallest absolute Gasteiger partial charge is 0.229 e. The van der Waals surface area contributed by atoms with Crippen LogP contribution in [0.5, 0.6) is 23.0 Å². The monoisotopic (exact) mass is 852 g/mol. The number of ether oxygens (including phenoxy) is 6. The SMILES string of the molecule is CN1c2nc(Cl)ncc2OCC1C1COC1.COc1cc(N)ccc1-n1cnc(C)c1.COc1cc(Nc2ncc3c(n2)N(C)C(C2COC2)CO3)ccc1-n1cnc(C)c1. The van der Waals surface area contributed by atoms with Gasteiger partial charge >= 0.3 is 0 Å². The van der Waals surface area contributed by atoms with E-state index >= 15 is 0 Å². The number of likely N-dealkylation sites (N-methyl/N-ethyl adjacent to an activating group) is 2. The molecular formula is C42H49ClN12O6. The number of benzene rings is 2. The summed E-state index contributed by atoms with van der Waals surface area (Å²) in [5.74, 6) is 5.91. The summed E-state index contributed by atoms with van der Waals surface area (Å²) in [7, 11) is 7.33. The fourth-order valence-electron chi connectivity index (χ4n) is 7.33. The molecular weight excluding hydrogens is 804 g/mol. The molecule has 2 fully saturated rings. The molecule has 2 aromatic carbocycles. The Labute approximate surface area is 358 Å². The summed E-state index contributed by atoms with van der Waals surface area (Å²) in [5, 5.41) is 3.52. The molecule has 0 amide bonds. The van der Waals surface area contributed by atoms with Crippen LogP contribution in [0.2, 0.25) is 5.28 Å². The standard InChI is InChI=1S/C21H24N6O3.C11H13N3O.C10H12ClN3O2/c1-13-8-27(12-23-13)16-5-4-15(6-18(16)28-3)24-21-22-7-19-20(25-21)26(2)17(11-30-19)14-9-29-10-14;1-8-6-14(7-13-8)10-4-3-9(12)5-11(10)15-2;1-14-7(6-3-15-4-6)5-16-8-2-12-10(11)13-9(8)14/h4-8,12,14,17H,9-11H2,1-3H3,(H,22,24,25);3-7H,12H2,1-2H3;2,6-7H,3-5H2,1H3. The molecule has 8 heterocycles. The van der Waals surface area contributed by atoms with Crippen molar-refractivity contribution in [1.29, 1.82) is 0 Å². The minimum absolute atomic E-state index is 0.250. The number of nitrogen functional groups attached to an aromatic ring is 1. The van der Waals surface area contributed by atoms with Gasteiger partial charge in [-0.2, -0.15) is 9.97 Å². The zero-order valence-corrected chi connectivity index (χ0v) is 35.6. The number of nitrogens with one attached hydrogen (secondary N) is 1. The van der Waals surface area contributed by atoms with Gasteiger partial charge in [0.15, 0.2) is 23.1 Å². The lowest BCUT2D eigenvalue weighted by Crippen LogP contribution is -2.52. The first-order valence-corrected chi connectivity index (χ1v) is 20.1. The van der Waals surface area contributed by atoms with E-state index < -0.39 is 0 Å². The second-order valence-corrected chi connectivity index (χ2v) is 15.4. The summed E-state index contributed by atoms with van der Waals surface area (Å²) in [6.07, 6.45) is 10.8. The predicted octanol–water partition coefficient (Wildman–Crippen LogP) is 5.31. The van der Waals surface area contributed by atoms with E-state index in [0.717, 1.165) is 78.0 Å². The zero-order valence-electron chi connectivity index (χ0n) is 34.9. The van der Waals surface area contributed by atoms with Crippen LogP contribution < -0.4 is 39.8 Å². The first-order chi connectivity index (χ1) is 29.6. The molecule has 18 nitrogen and oxygen atoms in total. The number of hydrogen-bond acceptors (Lipinski definition) is 16. The van der Waals surface area contributed by atoms with Gasteiger partial charge in [-0.25, -0.2) is 19.9 Å². The molecule has 10 rings (SSSR count). The van der Waals surface area contributed by atoms with Crippen LogP contribution in [-0.4, -0.2) is 119 Å². The molecule has 2 saturated heterocycles. The highest BCUT2D eigenvalue weighted by molar-refractivity contribution is 6.28. The molecule has 19 heteroatoms. The Morgan fingerprint density at radius 1 is 0.689 bits per heavy atom. The summed E-state index contributed by atoms with van der Waals surface area (Å²) in [5.41, 5.74) is 11.0. The number of imidazole rings is 2. The highest BCUT2D eigenvalue weighted by Crippen LogP contribution is 2.37. The van der Waals surface area contributed by atoms with Crippen LogP contribution in [0, 0.1) is 25.7 Å². The molecule has 320 valence electrons. The molecule has 2 unspecified atom stereocenters. The maximum Gasteiger partial charge on any atom is 0.229 e. The summed E-state index contributed by atoms with van der Waals surface area (Å²) in [6.45, 7) is 8.32. The van der Waals surface area contributed by atoms with Gasteiger partial charge in [-0.1, -0.05) is 0 Å². The van der Waals surface area contributed by atoms with E-state index in [4.69, 9.17) is 50.7 Å². The van der Waals surface area contributed by atoms with Crippen molar-refractivity contribution in [3.05, 3.63) is 90.5 Å². The third-order valence-corrected chi connectivity index (χ3v) is 11.1. The number of methoxy groups -OCH3 is 2. The van der Waals surface area contributed by atoms with Gasteiger partial charge in [0.2, 0.25) is 11.2 Å². The van der Waals surface area contributed by atoms with Crippen LogP contribution in [0.25, 0.3) is 11.4 Å². The van der Waals surface area contributed by atoms with Crippen LogP contribution in [0.15, 0.2) is 73.8 Å². The third kappa shape index (κ3) is 9.06. The lowest BCUT2D eigenvalue weighted by molar-refractivity contribution is -0.0518. The van der Waals surface area contributed by atoms with Gasteiger partial charge in [0.05, 0.1) is 101 Å². The number of nitrogens with zero attached hydrogens (tertiary/aromatic N) is 10. The van der Waals surface area contributed by atoms with Crippen molar-refractivity contribution < 1.29 is 28.4 Å². The van der Waals surface area contributed by atoms with Gasteiger partial charge in [-0.3, -0.25) is 0 Å². The first-order valence-electron chi connectivity index (χ1n) is 19.7. The maximum atomic E-state index is 5.89. The van der Waals surface area contributed by atoms with E-state index in [1.165, 1.54) is 0 Å². The van der Waals surface area contributed by atoms with Crippen molar-refractivity contribution in [3.63, 3.8) is 0 Å². The van der Waals surface area contributed by atoms with Crippen LogP contribution in [0.1, 0.15) is 11.4 Å². The average molecular weight is 853 g/mol. The van der Waals surface area contributed by atoms with Gasteiger partial charge < -0.3 is 58.4 Å². The number of halogens is 1. The van der Waals surface area contributed by atoms with Crippen molar-refractivity contribution >= 4 is 40.6 Å². The average Bonchev–Trinajstić information content (AvgIpc) is 3.87.